The van der Waals surface area contributed by atoms with Gasteiger partial charge in [0.2, 0.25) is 0 Å². The van der Waals surface area contributed by atoms with Crippen LogP contribution in [0.5, 0.6) is 0 Å². The van der Waals surface area contributed by atoms with Crippen molar-refractivity contribution in [2.75, 3.05) is 24.6 Å². The molecule has 1 aliphatic heterocycles. The fraction of sp³-hybridized carbons (Fsp3) is 0.625. The van der Waals surface area contributed by atoms with Crippen molar-refractivity contribution >= 4 is 23.4 Å². The minimum Gasteiger partial charge on any atom is -0.394 e. The number of nitrogens with zero attached hydrogens (tertiary/aromatic N) is 2. The molecular formula is C16H25ClN4O2. The molecule has 0 bridgehead atoms. The van der Waals surface area contributed by atoms with Crippen molar-refractivity contribution in [1.82, 2.24) is 15.6 Å². The molecule has 6 nitrogen and oxygen atoms in total. The number of hydrogen-bond donors (Lipinski definition) is 3. The average molecular weight is 341 g/mol. The Morgan fingerprint density at radius 3 is 3.00 bits per heavy atom. The van der Waals surface area contributed by atoms with Crippen LogP contribution < -0.4 is 15.5 Å². The first kappa shape index (κ1) is 17.8. The lowest BCUT2D eigenvalue weighted by atomic mass is 10.0. The van der Waals surface area contributed by atoms with Crippen LogP contribution in [0.2, 0.25) is 5.02 Å². The van der Waals surface area contributed by atoms with Gasteiger partial charge in [0, 0.05) is 25.3 Å². The Labute approximate surface area is 142 Å². The van der Waals surface area contributed by atoms with Gasteiger partial charge < -0.3 is 20.6 Å². The van der Waals surface area contributed by atoms with E-state index in [0.29, 0.717) is 17.5 Å². The summed E-state index contributed by atoms with van der Waals surface area (Å²) in [5.41, 5.74) is 0. The molecule has 0 saturated carbocycles. The van der Waals surface area contributed by atoms with E-state index >= 15 is 0 Å². The average Bonchev–Trinajstić information content (AvgIpc) is 2.94. The molecule has 1 saturated heterocycles. The SMILES string of the molecule is CC(C)CC(CO)NC(=O)NC1CCN(c2ncccc2Cl)C1. The predicted molar refractivity (Wildman–Crippen MR) is 91.9 cm³/mol. The number of hydrogen-bond acceptors (Lipinski definition) is 4. The molecule has 2 amide bonds. The monoisotopic (exact) mass is 340 g/mol. The van der Waals surface area contributed by atoms with Gasteiger partial charge >= 0.3 is 6.03 Å². The number of aliphatic hydroxyl groups is 1. The summed E-state index contributed by atoms with van der Waals surface area (Å²) in [4.78, 5) is 18.4. The molecule has 1 aromatic heterocycles. The number of anilines is 1. The highest BCUT2D eigenvalue weighted by Crippen LogP contribution is 2.25. The van der Waals surface area contributed by atoms with E-state index in [0.717, 1.165) is 25.2 Å². The Bertz CT molecular complexity index is 527. The minimum absolute atomic E-state index is 0.0477. The zero-order chi connectivity index (χ0) is 16.8. The van der Waals surface area contributed by atoms with Gasteiger partial charge in [-0.05, 0) is 30.9 Å². The maximum atomic E-state index is 12.1. The molecule has 23 heavy (non-hydrogen) atoms. The lowest BCUT2D eigenvalue weighted by Gasteiger charge is -2.21. The maximum absolute atomic E-state index is 12.1. The van der Waals surface area contributed by atoms with Crippen molar-refractivity contribution < 1.29 is 9.90 Å². The van der Waals surface area contributed by atoms with Gasteiger partial charge in [-0.15, -0.1) is 0 Å². The Kier molecular flexibility index (Phi) is 6.47. The third kappa shape index (κ3) is 5.25. The van der Waals surface area contributed by atoms with Gasteiger partial charge in [0.05, 0.1) is 17.7 Å². The fourth-order valence-electron chi connectivity index (χ4n) is 2.84. The first-order valence-electron chi connectivity index (χ1n) is 8.03. The number of aromatic nitrogens is 1. The van der Waals surface area contributed by atoms with Crippen LogP contribution in [0.4, 0.5) is 10.6 Å². The van der Waals surface area contributed by atoms with Crippen LogP contribution in [-0.2, 0) is 0 Å². The third-order valence-corrected chi connectivity index (χ3v) is 4.17. The fourth-order valence-corrected chi connectivity index (χ4v) is 3.08. The predicted octanol–water partition coefficient (Wildman–Crippen LogP) is 2.02. The Hall–Kier alpha value is -1.53. The van der Waals surface area contributed by atoms with Crippen molar-refractivity contribution in [2.45, 2.75) is 38.8 Å². The van der Waals surface area contributed by atoms with Crippen LogP contribution in [0, 0.1) is 5.92 Å². The van der Waals surface area contributed by atoms with Gasteiger partial charge in [-0.3, -0.25) is 0 Å². The molecule has 3 N–H and O–H groups in total. The van der Waals surface area contributed by atoms with Gasteiger partial charge in [-0.2, -0.15) is 0 Å². The first-order valence-corrected chi connectivity index (χ1v) is 8.40. The number of rotatable bonds is 6. The standard InChI is InChI=1S/C16H25ClN4O2/c1-11(2)8-13(10-22)20-16(23)19-12-5-7-21(9-12)15-14(17)4-3-6-18-15/h3-4,6,11-13,22H,5,7-10H2,1-2H3,(H2,19,20,23). The lowest BCUT2D eigenvalue weighted by Crippen LogP contribution is -2.48. The quantitative estimate of drug-likeness (QED) is 0.740. The van der Waals surface area contributed by atoms with E-state index in [1.807, 2.05) is 6.07 Å². The molecule has 0 spiro atoms. The van der Waals surface area contributed by atoms with Crippen LogP contribution in [0.1, 0.15) is 26.7 Å². The van der Waals surface area contributed by atoms with Gasteiger partial charge in [0.1, 0.15) is 5.82 Å². The van der Waals surface area contributed by atoms with Crippen LogP contribution in [0.15, 0.2) is 18.3 Å². The van der Waals surface area contributed by atoms with E-state index in [1.165, 1.54) is 0 Å². The van der Waals surface area contributed by atoms with E-state index in [2.05, 4.69) is 34.4 Å². The summed E-state index contributed by atoms with van der Waals surface area (Å²) in [5, 5.41) is 15.7. The third-order valence-electron chi connectivity index (χ3n) is 3.87. The molecule has 128 valence electrons. The van der Waals surface area contributed by atoms with E-state index in [9.17, 15) is 9.90 Å². The molecule has 1 fully saturated rings. The summed E-state index contributed by atoms with van der Waals surface area (Å²) in [5.74, 6) is 1.17. The molecule has 0 aliphatic carbocycles. The number of amides is 2. The van der Waals surface area contributed by atoms with Crippen LogP contribution in [0.3, 0.4) is 0 Å². The summed E-state index contributed by atoms with van der Waals surface area (Å²) < 4.78 is 0. The first-order chi connectivity index (χ1) is 11.0. The van der Waals surface area contributed by atoms with E-state index < -0.39 is 0 Å². The number of aliphatic hydroxyl groups excluding tert-OH is 1. The van der Waals surface area contributed by atoms with Crippen molar-refractivity contribution in [3.8, 4) is 0 Å². The summed E-state index contributed by atoms with van der Waals surface area (Å²) in [7, 11) is 0. The highest BCUT2D eigenvalue weighted by atomic mass is 35.5. The molecule has 2 atom stereocenters. The van der Waals surface area contributed by atoms with E-state index in [4.69, 9.17) is 11.6 Å². The van der Waals surface area contributed by atoms with Crippen molar-refractivity contribution in [3.63, 3.8) is 0 Å². The molecule has 0 radical (unpaired) electrons. The largest absolute Gasteiger partial charge is 0.394 e. The van der Waals surface area contributed by atoms with Gasteiger partial charge in [0.15, 0.2) is 0 Å². The zero-order valence-electron chi connectivity index (χ0n) is 13.6. The number of carbonyl (C=O) groups is 1. The van der Waals surface area contributed by atoms with E-state index in [1.54, 1.807) is 12.3 Å². The Morgan fingerprint density at radius 2 is 2.35 bits per heavy atom. The summed E-state index contributed by atoms with van der Waals surface area (Å²) in [6.45, 7) is 5.56. The lowest BCUT2D eigenvalue weighted by molar-refractivity contribution is 0.205. The van der Waals surface area contributed by atoms with Crippen molar-refractivity contribution in [3.05, 3.63) is 23.4 Å². The number of pyridine rings is 1. The molecule has 1 aliphatic rings. The number of halogens is 1. The summed E-state index contributed by atoms with van der Waals surface area (Å²) >= 11 is 6.16. The number of urea groups is 1. The van der Waals surface area contributed by atoms with Crippen molar-refractivity contribution in [1.29, 1.82) is 0 Å². The Morgan fingerprint density at radius 1 is 1.57 bits per heavy atom. The topological polar surface area (TPSA) is 77.5 Å². The van der Waals surface area contributed by atoms with Crippen LogP contribution in [-0.4, -0.2) is 47.9 Å². The molecule has 2 rings (SSSR count). The highest BCUT2D eigenvalue weighted by Gasteiger charge is 2.26. The molecule has 2 heterocycles. The van der Waals surface area contributed by atoms with Gasteiger partial charge in [-0.1, -0.05) is 25.4 Å². The minimum atomic E-state index is -0.233. The van der Waals surface area contributed by atoms with Gasteiger partial charge in [-0.25, -0.2) is 9.78 Å². The second kappa shape index (κ2) is 8.36. The molecular weight excluding hydrogens is 316 g/mol. The van der Waals surface area contributed by atoms with E-state index in [-0.39, 0.29) is 24.7 Å². The summed E-state index contributed by atoms with van der Waals surface area (Å²) in [6, 6.07) is 3.22. The van der Waals surface area contributed by atoms with Crippen LogP contribution in [0.25, 0.3) is 0 Å². The van der Waals surface area contributed by atoms with Crippen LogP contribution >= 0.6 is 11.6 Å². The smallest absolute Gasteiger partial charge is 0.315 e. The second-order valence-corrected chi connectivity index (χ2v) is 6.77. The number of nitrogens with one attached hydrogen (secondary N) is 2. The zero-order valence-corrected chi connectivity index (χ0v) is 14.4. The van der Waals surface area contributed by atoms with Gasteiger partial charge in [0.25, 0.3) is 0 Å². The molecule has 7 heteroatoms. The van der Waals surface area contributed by atoms with Crippen molar-refractivity contribution in [2.24, 2.45) is 5.92 Å². The number of carbonyl (C=O) groups excluding carboxylic acids is 1. The normalized spacial score (nSPS) is 19.0. The molecule has 1 aromatic rings. The highest BCUT2D eigenvalue weighted by molar-refractivity contribution is 6.32. The summed E-state index contributed by atoms with van der Waals surface area (Å²) in [6.07, 6.45) is 3.31. The Balaban J connectivity index is 1.83. The molecule has 2 unspecified atom stereocenters. The maximum Gasteiger partial charge on any atom is 0.315 e. The molecule has 0 aromatic carbocycles. The second-order valence-electron chi connectivity index (χ2n) is 6.37.